The summed E-state index contributed by atoms with van der Waals surface area (Å²) in [4.78, 5) is 11.4. The Morgan fingerprint density at radius 2 is 2.00 bits per heavy atom. The fourth-order valence-corrected chi connectivity index (χ4v) is 2.78. The van der Waals surface area contributed by atoms with Crippen molar-refractivity contribution in [3.05, 3.63) is 46.8 Å². The van der Waals surface area contributed by atoms with Gasteiger partial charge in [0, 0.05) is 0 Å². The zero-order chi connectivity index (χ0) is 16.6. The van der Waals surface area contributed by atoms with Crippen molar-refractivity contribution in [3.63, 3.8) is 0 Å². The van der Waals surface area contributed by atoms with Crippen LogP contribution in [0, 0.1) is 0 Å². The van der Waals surface area contributed by atoms with Crippen molar-refractivity contribution in [2.24, 2.45) is 0 Å². The summed E-state index contributed by atoms with van der Waals surface area (Å²) < 4.78 is 43.7. The molecular formula is C14H7F3N2O3S. The van der Waals surface area contributed by atoms with Crippen LogP contribution in [-0.4, -0.2) is 21.3 Å². The quantitative estimate of drug-likeness (QED) is 0.773. The Kier molecular flexibility index (Phi) is 3.64. The van der Waals surface area contributed by atoms with Gasteiger partial charge in [-0.05, 0) is 29.6 Å². The second kappa shape index (κ2) is 5.51. The predicted octanol–water partition coefficient (Wildman–Crippen LogP) is 4.20. The van der Waals surface area contributed by atoms with Crippen molar-refractivity contribution in [1.82, 2.24) is 10.2 Å². The summed E-state index contributed by atoms with van der Waals surface area (Å²) in [6.07, 6.45) is -4.53. The number of aromatic nitrogens is 2. The molecule has 23 heavy (non-hydrogen) atoms. The molecule has 118 valence electrons. The van der Waals surface area contributed by atoms with Gasteiger partial charge in [-0.3, -0.25) is 0 Å². The summed E-state index contributed by atoms with van der Waals surface area (Å²) in [7, 11) is 0. The maximum absolute atomic E-state index is 12.7. The molecule has 0 aliphatic rings. The molecule has 1 aromatic carbocycles. The number of halogens is 3. The van der Waals surface area contributed by atoms with E-state index in [1.54, 1.807) is 11.4 Å². The first-order chi connectivity index (χ1) is 10.9. The first kappa shape index (κ1) is 15.2. The molecule has 0 fully saturated rings. The fourth-order valence-electron chi connectivity index (χ4n) is 1.92. The van der Waals surface area contributed by atoms with E-state index < -0.39 is 17.7 Å². The molecule has 0 atom stereocenters. The van der Waals surface area contributed by atoms with E-state index in [4.69, 9.17) is 4.74 Å². The van der Waals surface area contributed by atoms with Gasteiger partial charge in [-0.15, -0.1) is 21.5 Å². The van der Waals surface area contributed by atoms with E-state index in [0.29, 0.717) is 10.2 Å². The van der Waals surface area contributed by atoms with Gasteiger partial charge in [-0.25, -0.2) is 4.79 Å². The van der Waals surface area contributed by atoms with Gasteiger partial charge in [0.1, 0.15) is 16.8 Å². The molecule has 3 rings (SSSR count). The monoisotopic (exact) mass is 340 g/mol. The highest BCUT2D eigenvalue weighted by molar-refractivity contribution is 7.17. The van der Waals surface area contributed by atoms with Crippen molar-refractivity contribution in [2.45, 2.75) is 6.18 Å². The Bertz CT molecular complexity index is 892. The lowest BCUT2D eigenvalue weighted by Crippen LogP contribution is -2.06. The van der Waals surface area contributed by atoms with Crippen LogP contribution in [-0.2, 0) is 6.18 Å². The van der Waals surface area contributed by atoms with Crippen LogP contribution in [0.1, 0.15) is 15.9 Å². The first-order valence-electron chi connectivity index (χ1n) is 6.18. The molecule has 5 nitrogen and oxygen atoms in total. The van der Waals surface area contributed by atoms with Gasteiger partial charge >= 0.3 is 12.1 Å². The van der Waals surface area contributed by atoms with Gasteiger partial charge in [-0.2, -0.15) is 13.2 Å². The Hall–Kier alpha value is -2.68. The molecule has 0 spiro atoms. The summed E-state index contributed by atoms with van der Waals surface area (Å²) in [5.41, 5.74) is -0.761. The number of hydrogen-bond donors (Lipinski definition) is 1. The smallest absolute Gasteiger partial charge is 0.416 e. The number of alkyl halides is 3. The number of thiophene rings is 1. The molecule has 0 unspecified atom stereocenters. The average Bonchev–Trinajstić information content (AvgIpc) is 2.94. The average molecular weight is 340 g/mol. The molecule has 0 aliphatic carbocycles. The number of ether oxygens (including phenoxy) is 1. The number of aromatic carboxylic acids is 1. The lowest BCUT2D eigenvalue weighted by Gasteiger charge is -2.10. The summed E-state index contributed by atoms with van der Waals surface area (Å²) in [5, 5.41) is 18.4. The molecule has 0 bridgehead atoms. The minimum absolute atomic E-state index is 0.174. The highest BCUT2D eigenvalue weighted by atomic mass is 32.1. The molecule has 3 aromatic rings. The van der Waals surface area contributed by atoms with Crippen LogP contribution in [0.25, 0.3) is 10.2 Å². The van der Waals surface area contributed by atoms with E-state index in [2.05, 4.69) is 10.2 Å². The molecule has 1 N–H and O–H groups in total. The van der Waals surface area contributed by atoms with Crippen LogP contribution in [0.2, 0.25) is 0 Å². The molecule has 2 heterocycles. The van der Waals surface area contributed by atoms with Crippen LogP contribution in [0.4, 0.5) is 13.2 Å². The van der Waals surface area contributed by atoms with E-state index in [1.165, 1.54) is 6.07 Å². The number of carbonyl (C=O) groups is 1. The molecule has 0 saturated heterocycles. The van der Waals surface area contributed by atoms with E-state index in [0.717, 1.165) is 29.5 Å². The van der Waals surface area contributed by atoms with Gasteiger partial charge in [-0.1, -0.05) is 6.07 Å². The minimum atomic E-state index is -4.53. The summed E-state index contributed by atoms with van der Waals surface area (Å²) in [6, 6.07) is 5.69. The van der Waals surface area contributed by atoms with Gasteiger partial charge in [0.2, 0.25) is 0 Å². The Morgan fingerprint density at radius 1 is 1.22 bits per heavy atom. The van der Waals surface area contributed by atoms with Gasteiger partial charge in [0.25, 0.3) is 5.88 Å². The second-order valence-corrected chi connectivity index (χ2v) is 5.36. The number of carboxylic acid groups (broad SMARTS) is 1. The van der Waals surface area contributed by atoms with Crippen molar-refractivity contribution >= 4 is 27.5 Å². The predicted molar refractivity (Wildman–Crippen MR) is 75.9 cm³/mol. The van der Waals surface area contributed by atoms with Gasteiger partial charge < -0.3 is 9.84 Å². The molecule has 9 heteroatoms. The normalized spacial score (nSPS) is 11.6. The maximum atomic E-state index is 12.7. The standard InChI is InChI=1S/C14H7F3N2O3S/c15-14(16,17)7-2-1-3-8(6-7)22-12-10(13(20)21)11-9(18-19-12)4-5-23-11/h1-6H,(H,20,21). The third-order valence-corrected chi connectivity index (χ3v) is 3.84. The fraction of sp³-hybridized carbons (Fsp3) is 0.0714. The Morgan fingerprint density at radius 3 is 2.70 bits per heavy atom. The number of nitrogens with zero attached hydrogens (tertiary/aromatic N) is 2. The number of benzene rings is 1. The third-order valence-electron chi connectivity index (χ3n) is 2.92. The van der Waals surface area contributed by atoms with Crippen molar-refractivity contribution in [2.75, 3.05) is 0 Å². The molecule has 2 aromatic heterocycles. The van der Waals surface area contributed by atoms with E-state index in [-0.39, 0.29) is 17.2 Å². The van der Waals surface area contributed by atoms with Crippen LogP contribution < -0.4 is 4.74 Å². The lowest BCUT2D eigenvalue weighted by atomic mass is 10.2. The maximum Gasteiger partial charge on any atom is 0.416 e. The van der Waals surface area contributed by atoms with Crippen LogP contribution in [0.5, 0.6) is 11.6 Å². The Balaban J connectivity index is 2.05. The van der Waals surface area contributed by atoms with Crippen LogP contribution >= 0.6 is 11.3 Å². The zero-order valence-electron chi connectivity index (χ0n) is 11.2. The van der Waals surface area contributed by atoms with Gasteiger partial charge in [0.05, 0.1) is 10.3 Å². The topological polar surface area (TPSA) is 72.3 Å². The molecule has 0 saturated carbocycles. The van der Waals surface area contributed by atoms with Crippen molar-refractivity contribution < 1.29 is 27.8 Å². The molecule has 0 aliphatic heterocycles. The van der Waals surface area contributed by atoms with Crippen molar-refractivity contribution in [1.29, 1.82) is 0 Å². The molecule has 0 amide bonds. The second-order valence-electron chi connectivity index (χ2n) is 4.45. The lowest BCUT2D eigenvalue weighted by molar-refractivity contribution is -0.137. The van der Waals surface area contributed by atoms with Crippen LogP contribution in [0.15, 0.2) is 35.7 Å². The SMILES string of the molecule is O=C(O)c1c(Oc2cccc(C(F)(F)F)c2)nnc2ccsc12. The van der Waals surface area contributed by atoms with E-state index in [1.807, 2.05) is 0 Å². The van der Waals surface area contributed by atoms with E-state index >= 15 is 0 Å². The summed E-state index contributed by atoms with van der Waals surface area (Å²) >= 11 is 1.13. The van der Waals surface area contributed by atoms with Gasteiger partial charge in [0.15, 0.2) is 0 Å². The van der Waals surface area contributed by atoms with Crippen LogP contribution in [0.3, 0.4) is 0 Å². The minimum Gasteiger partial charge on any atom is -0.477 e. The summed E-state index contributed by atoms with van der Waals surface area (Å²) in [5.74, 6) is -1.83. The highest BCUT2D eigenvalue weighted by Crippen LogP contribution is 2.34. The number of hydrogen-bond acceptors (Lipinski definition) is 5. The van der Waals surface area contributed by atoms with Crippen molar-refractivity contribution in [3.8, 4) is 11.6 Å². The number of rotatable bonds is 3. The largest absolute Gasteiger partial charge is 0.477 e. The highest BCUT2D eigenvalue weighted by Gasteiger charge is 2.31. The van der Waals surface area contributed by atoms with E-state index in [9.17, 15) is 23.1 Å². The Labute approximate surface area is 131 Å². The molecular weight excluding hydrogens is 333 g/mol. The number of fused-ring (bicyclic) bond motifs is 1. The third kappa shape index (κ3) is 2.95. The molecule has 0 radical (unpaired) electrons. The zero-order valence-corrected chi connectivity index (χ0v) is 12.0. The first-order valence-corrected chi connectivity index (χ1v) is 7.06. The number of carboxylic acids is 1. The summed E-state index contributed by atoms with van der Waals surface area (Å²) in [6.45, 7) is 0.